The Bertz CT molecular complexity index is 395. The molecule has 2 nitrogen and oxygen atoms in total. The molecule has 0 aliphatic rings. The van der Waals surface area contributed by atoms with E-state index in [4.69, 9.17) is 4.74 Å². The third-order valence-electron chi connectivity index (χ3n) is 2.26. The number of hydrogen-bond acceptors (Lipinski definition) is 2. The fraction of sp³-hybridized carbons (Fsp3) is 0.500. The van der Waals surface area contributed by atoms with Gasteiger partial charge in [0, 0.05) is 22.8 Å². The number of halogens is 4. The summed E-state index contributed by atoms with van der Waals surface area (Å²) in [6.07, 6.45) is -4.36. The van der Waals surface area contributed by atoms with Gasteiger partial charge in [0.2, 0.25) is 0 Å². The van der Waals surface area contributed by atoms with E-state index in [9.17, 15) is 13.2 Å². The summed E-state index contributed by atoms with van der Waals surface area (Å²) in [5.74, 6) is 0. The second-order valence-corrected chi connectivity index (χ2v) is 4.75. The molecule has 0 aromatic heterocycles. The molecule has 0 bridgehead atoms. The molecule has 0 radical (unpaired) electrons. The summed E-state index contributed by atoms with van der Waals surface area (Å²) in [6.45, 7) is 4.76. The molecule has 1 rings (SSSR count). The van der Waals surface area contributed by atoms with Gasteiger partial charge in [-0.3, -0.25) is 0 Å². The van der Waals surface area contributed by atoms with Crippen LogP contribution in [0.3, 0.4) is 0 Å². The second kappa shape index (κ2) is 6.43. The first-order valence-electron chi connectivity index (χ1n) is 5.55. The standard InChI is InChI=1S/C12H15BrF3NO/c1-3-18-7-8(2)17-9-4-5-11(13)10(6-9)12(14,15)16/h4-6,8,17H,3,7H2,1-2H3. The summed E-state index contributed by atoms with van der Waals surface area (Å²) >= 11 is 2.90. The highest BCUT2D eigenvalue weighted by Gasteiger charge is 2.33. The fourth-order valence-corrected chi connectivity index (χ4v) is 1.92. The van der Waals surface area contributed by atoms with Crippen molar-refractivity contribution in [2.24, 2.45) is 0 Å². The summed E-state index contributed by atoms with van der Waals surface area (Å²) in [4.78, 5) is 0. The molecular weight excluding hydrogens is 311 g/mol. The molecule has 6 heteroatoms. The van der Waals surface area contributed by atoms with Crippen molar-refractivity contribution in [3.05, 3.63) is 28.2 Å². The first kappa shape index (κ1) is 15.3. The third-order valence-corrected chi connectivity index (χ3v) is 2.95. The summed E-state index contributed by atoms with van der Waals surface area (Å²) in [5, 5.41) is 2.97. The predicted molar refractivity (Wildman–Crippen MR) is 68.7 cm³/mol. The van der Waals surface area contributed by atoms with Gasteiger partial charge in [-0.1, -0.05) is 15.9 Å². The van der Waals surface area contributed by atoms with Gasteiger partial charge in [0.1, 0.15) is 0 Å². The summed E-state index contributed by atoms with van der Waals surface area (Å²) < 4.78 is 43.3. The minimum Gasteiger partial charge on any atom is -0.380 e. The van der Waals surface area contributed by atoms with Gasteiger partial charge < -0.3 is 10.1 Å². The first-order chi connectivity index (χ1) is 8.34. The molecule has 18 heavy (non-hydrogen) atoms. The molecule has 102 valence electrons. The molecule has 1 unspecified atom stereocenters. The zero-order valence-electron chi connectivity index (χ0n) is 10.1. The van der Waals surface area contributed by atoms with Crippen molar-refractivity contribution >= 4 is 21.6 Å². The second-order valence-electron chi connectivity index (χ2n) is 3.90. The summed E-state index contributed by atoms with van der Waals surface area (Å²) in [6, 6.07) is 4.03. The first-order valence-corrected chi connectivity index (χ1v) is 6.35. The predicted octanol–water partition coefficient (Wildman–Crippen LogP) is 4.30. The van der Waals surface area contributed by atoms with E-state index in [1.165, 1.54) is 6.07 Å². The van der Waals surface area contributed by atoms with Gasteiger partial charge in [-0.2, -0.15) is 13.2 Å². The highest BCUT2D eigenvalue weighted by atomic mass is 79.9. The zero-order valence-corrected chi connectivity index (χ0v) is 11.7. The number of benzene rings is 1. The number of ether oxygens (including phenoxy) is 1. The quantitative estimate of drug-likeness (QED) is 0.871. The van der Waals surface area contributed by atoms with Gasteiger partial charge in [-0.25, -0.2) is 0 Å². The van der Waals surface area contributed by atoms with Crippen LogP contribution in [0.5, 0.6) is 0 Å². The molecule has 1 N–H and O–H groups in total. The number of hydrogen-bond donors (Lipinski definition) is 1. The maximum absolute atomic E-state index is 12.7. The molecule has 0 amide bonds. The van der Waals surface area contributed by atoms with Gasteiger partial charge in [0.15, 0.2) is 0 Å². The van der Waals surface area contributed by atoms with Crippen LogP contribution in [0, 0.1) is 0 Å². The average molecular weight is 326 g/mol. The highest BCUT2D eigenvalue weighted by Crippen LogP contribution is 2.36. The maximum atomic E-state index is 12.7. The van der Waals surface area contributed by atoms with E-state index >= 15 is 0 Å². The number of nitrogens with one attached hydrogen (secondary N) is 1. The van der Waals surface area contributed by atoms with Crippen LogP contribution in [0.1, 0.15) is 19.4 Å². The largest absolute Gasteiger partial charge is 0.417 e. The Morgan fingerprint density at radius 1 is 1.39 bits per heavy atom. The van der Waals surface area contributed by atoms with Crippen LogP contribution in [0.4, 0.5) is 18.9 Å². The Balaban J connectivity index is 2.79. The summed E-state index contributed by atoms with van der Waals surface area (Å²) in [7, 11) is 0. The number of rotatable bonds is 5. The molecule has 0 spiro atoms. The van der Waals surface area contributed by atoms with Crippen molar-refractivity contribution < 1.29 is 17.9 Å². The molecule has 0 saturated heterocycles. The van der Waals surface area contributed by atoms with Crippen molar-refractivity contribution in [2.75, 3.05) is 18.5 Å². The monoisotopic (exact) mass is 325 g/mol. The summed E-state index contributed by atoms with van der Waals surface area (Å²) in [5.41, 5.74) is -0.256. The third kappa shape index (κ3) is 4.49. The van der Waals surface area contributed by atoms with E-state index < -0.39 is 11.7 Å². The van der Waals surface area contributed by atoms with Gasteiger partial charge in [-0.15, -0.1) is 0 Å². The lowest BCUT2D eigenvalue weighted by Gasteiger charge is -2.17. The number of anilines is 1. The Morgan fingerprint density at radius 3 is 2.61 bits per heavy atom. The van der Waals surface area contributed by atoms with E-state index in [1.54, 1.807) is 6.07 Å². The average Bonchev–Trinajstić information content (AvgIpc) is 2.27. The Labute approximate surface area is 113 Å². The van der Waals surface area contributed by atoms with E-state index in [2.05, 4.69) is 21.2 Å². The lowest BCUT2D eigenvalue weighted by Crippen LogP contribution is -2.22. The van der Waals surface area contributed by atoms with Gasteiger partial charge in [0.05, 0.1) is 12.2 Å². The highest BCUT2D eigenvalue weighted by molar-refractivity contribution is 9.10. The zero-order chi connectivity index (χ0) is 13.8. The minimum atomic E-state index is -4.36. The van der Waals surface area contributed by atoms with Crippen LogP contribution in [0.15, 0.2) is 22.7 Å². The molecule has 0 fully saturated rings. The Morgan fingerprint density at radius 2 is 2.06 bits per heavy atom. The van der Waals surface area contributed by atoms with Crippen LogP contribution < -0.4 is 5.32 Å². The SMILES string of the molecule is CCOCC(C)Nc1ccc(Br)c(C(F)(F)F)c1. The van der Waals surface area contributed by atoms with Gasteiger partial charge in [0.25, 0.3) is 0 Å². The lowest BCUT2D eigenvalue weighted by molar-refractivity contribution is -0.138. The number of alkyl halides is 3. The molecule has 0 aliphatic heterocycles. The topological polar surface area (TPSA) is 21.3 Å². The van der Waals surface area contributed by atoms with Crippen LogP contribution in [0.25, 0.3) is 0 Å². The van der Waals surface area contributed by atoms with Crippen LogP contribution in [-0.4, -0.2) is 19.3 Å². The van der Waals surface area contributed by atoms with Gasteiger partial charge in [-0.05, 0) is 32.0 Å². The molecule has 1 atom stereocenters. The van der Waals surface area contributed by atoms with E-state index in [1.807, 2.05) is 13.8 Å². The molecule has 0 aliphatic carbocycles. The van der Waals surface area contributed by atoms with Crippen molar-refractivity contribution in [3.63, 3.8) is 0 Å². The van der Waals surface area contributed by atoms with Crippen LogP contribution in [0.2, 0.25) is 0 Å². The van der Waals surface area contributed by atoms with Crippen LogP contribution in [-0.2, 0) is 10.9 Å². The van der Waals surface area contributed by atoms with E-state index in [0.29, 0.717) is 18.9 Å². The smallest absolute Gasteiger partial charge is 0.380 e. The lowest BCUT2D eigenvalue weighted by atomic mass is 10.2. The Hall–Kier alpha value is -0.750. The maximum Gasteiger partial charge on any atom is 0.417 e. The molecule has 1 aromatic carbocycles. The van der Waals surface area contributed by atoms with Crippen molar-refractivity contribution in [1.29, 1.82) is 0 Å². The van der Waals surface area contributed by atoms with Crippen molar-refractivity contribution in [2.45, 2.75) is 26.1 Å². The van der Waals surface area contributed by atoms with Crippen LogP contribution >= 0.6 is 15.9 Å². The molecule has 0 saturated carbocycles. The minimum absolute atomic E-state index is 0.0398. The molecular formula is C12H15BrF3NO. The van der Waals surface area contributed by atoms with E-state index in [0.717, 1.165) is 6.07 Å². The van der Waals surface area contributed by atoms with E-state index in [-0.39, 0.29) is 10.5 Å². The fourth-order valence-electron chi connectivity index (χ4n) is 1.45. The normalized spacial score (nSPS) is 13.4. The van der Waals surface area contributed by atoms with Crippen molar-refractivity contribution in [1.82, 2.24) is 0 Å². The van der Waals surface area contributed by atoms with Crippen molar-refractivity contribution in [3.8, 4) is 0 Å². The molecule has 0 heterocycles. The Kier molecular flexibility index (Phi) is 5.47. The van der Waals surface area contributed by atoms with Gasteiger partial charge >= 0.3 is 6.18 Å². The molecule has 1 aromatic rings.